The van der Waals surface area contributed by atoms with Gasteiger partial charge in [0.25, 0.3) is 0 Å². The predicted molar refractivity (Wildman–Crippen MR) is 80.2 cm³/mol. The van der Waals surface area contributed by atoms with Crippen LogP contribution in [-0.2, 0) is 15.7 Å². The van der Waals surface area contributed by atoms with E-state index < -0.39 is 0 Å². The Bertz CT molecular complexity index is 514. The largest absolute Gasteiger partial charge is 0.496 e. The van der Waals surface area contributed by atoms with Gasteiger partial charge in [0, 0.05) is 11.3 Å². The zero-order valence-corrected chi connectivity index (χ0v) is 12.8. The zero-order chi connectivity index (χ0) is 14.5. The smallest absolute Gasteiger partial charge is 0.482 e. The van der Waals surface area contributed by atoms with E-state index in [1.807, 2.05) is 12.1 Å². The number of hydrogen-bond donors (Lipinski definition) is 1. The molecule has 0 amide bonds. The van der Waals surface area contributed by atoms with E-state index in [9.17, 15) is 0 Å². The second-order valence-electron chi connectivity index (χ2n) is 6.57. The first-order valence-corrected chi connectivity index (χ1v) is 7.12. The van der Waals surface area contributed by atoms with E-state index >= 15 is 0 Å². The van der Waals surface area contributed by atoms with Crippen molar-refractivity contribution in [2.75, 3.05) is 12.4 Å². The van der Waals surface area contributed by atoms with Crippen LogP contribution < -0.4 is 10.1 Å². The monoisotopic (exact) mass is 275 g/mol. The summed E-state index contributed by atoms with van der Waals surface area (Å²) in [6.45, 7) is 8.32. The number of anilines is 1. The van der Waals surface area contributed by atoms with Crippen LogP contribution in [0, 0.1) is 0 Å². The fourth-order valence-electron chi connectivity index (χ4n) is 2.79. The first-order chi connectivity index (χ1) is 9.34. The van der Waals surface area contributed by atoms with Crippen molar-refractivity contribution in [1.82, 2.24) is 0 Å². The van der Waals surface area contributed by atoms with Crippen LogP contribution in [0.5, 0.6) is 5.75 Å². The molecule has 0 aliphatic carbocycles. The highest BCUT2D eigenvalue weighted by Gasteiger charge is 2.54. The van der Waals surface area contributed by atoms with E-state index in [1.54, 1.807) is 7.11 Å². The molecular weight excluding hydrogens is 253 g/mol. The second kappa shape index (κ2) is 4.40. The van der Waals surface area contributed by atoms with Gasteiger partial charge in [-0.05, 0) is 46.2 Å². The Balaban J connectivity index is 1.80. The van der Waals surface area contributed by atoms with Crippen LogP contribution in [0.2, 0.25) is 0 Å². The van der Waals surface area contributed by atoms with E-state index in [1.165, 1.54) is 5.56 Å². The lowest BCUT2D eigenvalue weighted by Crippen LogP contribution is -2.41. The van der Waals surface area contributed by atoms with E-state index in [0.29, 0.717) is 0 Å². The van der Waals surface area contributed by atoms with Gasteiger partial charge in [-0.15, -0.1) is 0 Å². The normalized spacial score (nSPS) is 26.2. The van der Waals surface area contributed by atoms with Crippen molar-refractivity contribution in [2.45, 2.75) is 51.3 Å². The summed E-state index contributed by atoms with van der Waals surface area (Å²) in [6.07, 6.45) is 0.857. The van der Waals surface area contributed by atoms with Gasteiger partial charge in [-0.25, -0.2) is 0 Å². The molecule has 1 saturated heterocycles. The molecule has 0 spiro atoms. The summed E-state index contributed by atoms with van der Waals surface area (Å²) < 4.78 is 17.7. The molecule has 1 unspecified atom stereocenters. The third-order valence-electron chi connectivity index (χ3n) is 4.72. The third-order valence-corrected chi connectivity index (χ3v) is 4.72. The second-order valence-corrected chi connectivity index (χ2v) is 6.57. The zero-order valence-electron chi connectivity index (χ0n) is 12.8. The van der Waals surface area contributed by atoms with Crippen molar-refractivity contribution in [1.29, 1.82) is 0 Å². The van der Waals surface area contributed by atoms with Crippen LogP contribution in [0.4, 0.5) is 5.69 Å². The Morgan fingerprint density at radius 3 is 2.45 bits per heavy atom. The molecule has 108 valence electrons. The van der Waals surface area contributed by atoms with E-state index in [2.05, 4.69) is 39.1 Å². The highest BCUT2D eigenvalue weighted by Crippen LogP contribution is 2.41. The molecule has 0 aromatic heterocycles. The molecule has 20 heavy (non-hydrogen) atoms. The van der Waals surface area contributed by atoms with Gasteiger partial charge < -0.3 is 19.4 Å². The highest BCUT2D eigenvalue weighted by atomic mass is 16.7. The van der Waals surface area contributed by atoms with Crippen molar-refractivity contribution in [3.63, 3.8) is 0 Å². The first-order valence-electron chi connectivity index (χ1n) is 7.12. The summed E-state index contributed by atoms with van der Waals surface area (Å²) in [6, 6.07) is 6.06. The van der Waals surface area contributed by atoms with Crippen molar-refractivity contribution in [3.8, 4) is 5.75 Å². The molecule has 2 aliphatic heterocycles. The number of methoxy groups -OCH3 is 1. The minimum atomic E-state index is -0.293. The molecule has 1 fully saturated rings. The first kappa shape index (κ1) is 13.8. The lowest BCUT2D eigenvalue weighted by Gasteiger charge is -2.32. The van der Waals surface area contributed by atoms with Gasteiger partial charge in [-0.3, -0.25) is 0 Å². The lowest BCUT2D eigenvalue weighted by atomic mass is 9.77. The summed E-state index contributed by atoms with van der Waals surface area (Å²) >= 11 is 0. The quantitative estimate of drug-likeness (QED) is 0.842. The number of nitrogens with one attached hydrogen (secondary N) is 1. The van der Waals surface area contributed by atoms with Gasteiger partial charge in [0.15, 0.2) is 0 Å². The number of ether oxygens (including phenoxy) is 1. The molecule has 3 rings (SSSR count). The highest BCUT2D eigenvalue weighted by molar-refractivity contribution is 6.48. The summed E-state index contributed by atoms with van der Waals surface area (Å²) in [5.41, 5.74) is 1.73. The number of fused-ring (bicyclic) bond motifs is 1. The van der Waals surface area contributed by atoms with Gasteiger partial charge in [0.1, 0.15) is 5.75 Å². The predicted octanol–water partition coefficient (Wildman–Crippen LogP) is 2.66. The Morgan fingerprint density at radius 2 is 1.85 bits per heavy atom. The molecule has 2 heterocycles. The van der Waals surface area contributed by atoms with Crippen molar-refractivity contribution >= 4 is 12.8 Å². The Kier molecular flexibility index (Phi) is 3.03. The SMILES string of the molecule is COc1cccc2c1CC(B1OC(C)(C)C(C)(C)O1)N2. The molecule has 1 aromatic carbocycles. The summed E-state index contributed by atoms with van der Waals surface area (Å²) in [7, 11) is 1.47. The number of rotatable bonds is 2. The van der Waals surface area contributed by atoms with Crippen molar-refractivity contribution in [2.24, 2.45) is 0 Å². The molecule has 2 aliphatic rings. The summed E-state index contributed by atoms with van der Waals surface area (Å²) in [5, 5.41) is 3.50. The average Bonchev–Trinajstić information content (AvgIpc) is 2.88. The fourth-order valence-corrected chi connectivity index (χ4v) is 2.79. The Morgan fingerprint density at radius 1 is 1.20 bits per heavy atom. The number of hydrogen-bond acceptors (Lipinski definition) is 4. The Labute approximate surface area is 120 Å². The topological polar surface area (TPSA) is 39.7 Å². The van der Waals surface area contributed by atoms with Gasteiger partial charge in [0.2, 0.25) is 0 Å². The summed E-state index contributed by atoms with van der Waals surface area (Å²) in [5.74, 6) is 1.05. The van der Waals surface area contributed by atoms with E-state index in [0.717, 1.165) is 17.9 Å². The molecular formula is C15H22BNO3. The molecule has 0 saturated carbocycles. The molecule has 0 radical (unpaired) electrons. The molecule has 0 bridgehead atoms. The minimum Gasteiger partial charge on any atom is -0.496 e. The number of benzene rings is 1. The van der Waals surface area contributed by atoms with Crippen LogP contribution in [0.15, 0.2) is 18.2 Å². The van der Waals surface area contributed by atoms with E-state index in [-0.39, 0.29) is 24.3 Å². The molecule has 1 N–H and O–H groups in total. The Hall–Kier alpha value is -1.20. The standard InChI is InChI=1S/C15H22BNO3/c1-14(2)15(3,4)20-16(19-14)13-9-10-11(17-13)7-6-8-12(10)18-5/h6-8,13,17H,9H2,1-5H3. The van der Waals surface area contributed by atoms with Crippen molar-refractivity contribution < 1.29 is 14.0 Å². The minimum absolute atomic E-state index is 0.127. The van der Waals surface area contributed by atoms with Gasteiger partial charge in [-0.2, -0.15) is 0 Å². The maximum Gasteiger partial charge on any atom is 0.482 e. The van der Waals surface area contributed by atoms with Gasteiger partial charge in [-0.1, -0.05) is 6.07 Å². The van der Waals surface area contributed by atoms with Crippen LogP contribution in [-0.4, -0.2) is 31.4 Å². The van der Waals surface area contributed by atoms with E-state index in [4.69, 9.17) is 14.0 Å². The van der Waals surface area contributed by atoms with Crippen LogP contribution in [0.1, 0.15) is 33.3 Å². The van der Waals surface area contributed by atoms with Crippen molar-refractivity contribution in [3.05, 3.63) is 23.8 Å². The molecule has 1 atom stereocenters. The fraction of sp³-hybridized carbons (Fsp3) is 0.600. The third kappa shape index (κ3) is 2.00. The summed E-state index contributed by atoms with van der Waals surface area (Å²) in [4.78, 5) is 0. The maximum atomic E-state index is 6.13. The molecule has 1 aromatic rings. The van der Waals surface area contributed by atoms with Crippen LogP contribution >= 0.6 is 0 Å². The van der Waals surface area contributed by atoms with Crippen LogP contribution in [0.25, 0.3) is 0 Å². The van der Waals surface area contributed by atoms with Crippen LogP contribution in [0.3, 0.4) is 0 Å². The average molecular weight is 275 g/mol. The molecule has 4 nitrogen and oxygen atoms in total. The molecule has 5 heteroatoms. The lowest BCUT2D eigenvalue weighted by molar-refractivity contribution is 0.00578. The van der Waals surface area contributed by atoms with Gasteiger partial charge >= 0.3 is 7.12 Å². The van der Waals surface area contributed by atoms with Gasteiger partial charge in [0.05, 0.1) is 24.3 Å². The maximum absolute atomic E-state index is 6.13.